The van der Waals surface area contributed by atoms with Crippen molar-refractivity contribution >= 4 is 11.8 Å². The zero-order valence-corrected chi connectivity index (χ0v) is 8.77. The van der Waals surface area contributed by atoms with Gasteiger partial charge in [-0.05, 0) is 24.8 Å². The van der Waals surface area contributed by atoms with Crippen molar-refractivity contribution in [2.24, 2.45) is 0 Å². The van der Waals surface area contributed by atoms with Gasteiger partial charge in [0.25, 0.3) is 0 Å². The van der Waals surface area contributed by atoms with Crippen molar-refractivity contribution < 1.29 is 14.7 Å². The Labute approximate surface area is 93.4 Å². The molecule has 0 aliphatic heterocycles. The molecule has 3 nitrogen and oxygen atoms in total. The van der Waals surface area contributed by atoms with Gasteiger partial charge in [-0.3, -0.25) is 4.79 Å². The molecule has 0 radical (unpaired) electrons. The summed E-state index contributed by atoms with van der Waals surface area (Å²) in [6.07, 6.45) is 3.23. The first-order valence-electron chi connectivity index (χ1n) is 5.24. The molecule has 1 aliphatic rings. The molecular formula is C13H12O3. The molecule has 2 rings (SSSR count). The molecule has 0 fully saturated rings. The molecule has 0 spiro atoms. The zero-order valence-electron chi connectivity index (χ0n) is 8.77. The van der Waals surface area contributed by atoms with Gasteiger partial charge in [0.1, 0.15) is 0 Å². The lowest BCUT2D eigenvalue weighted by Crippen LogP contribution is -2.05. The molecule has 1 aromatic carbocycles. The molecule has 1 aliphatic carbocycles. The summed E-state index contributed by atoms with van der Waals surface area (Å²) < 4.78 is 0. The third kappa shape index (κ3) is 2.03. The summed E-state index contributed by atoms with van der Waals surface area (Å²) in [5, 5.41) is 8.69. The molecule has 0 atom stereocenters. The van der Waals surface area contributed by atoms with Crippen LogP contribution in [0.15, 0.2) is 35.9 Å². The molecule has 0 amide bonds. The Balaban J connectivity index is 2.45. The molecule has 0 aromatic heterocycles. The highest BCUT2D eigenvalue weighted by Crippen LogP contribution is 2.23. The van der Waals surface area contributed by atoms with Gasteiger partial charge in [-0.15, -0.1) is 0 Å². The lowest BCUT2D eigenvalue weighted by Gasteiger charge is -2.03. The number of carboxylic acids is 1. The maximum Gasteiger partial charge on any atom is 0.328 e. The molecule has 0 heterocycles. The molecule has 82 valence electrons. The van der Waals surface area contributed by atoms with E-state index >= 15 is 0 Å². The fourth-order valence-corrected chi connectivity index (χ4v) is 2.00. The number of Topliss-reactive ketones (excluding diaryl/α,β-unsaturated/α-hetero) is 1. The van der Waals surface area contributed by atoms with Crippen LogP contribution in [0.2, 0.25) is 0 Å². The van der Waals surface area contributed by atoms with E-state index in [1.54, 1.807) is 12.1 Å². The molecular weight excluding hydrogens is 204 g/mol. The predicted molar refractivity (Wildman–Crippen MR) is 59.4 cm³/mol. The summed E-state index contributed by atoms with van der Waals surface area (Å²) in [5.74, 6) is -1.20. The van der Waals surface area contributed by atoms with E-state index in [2.05, 4.69) is 0 Å². The summed E-state index contributed by atoms with van der Waals surface area (Å²) in [7, 11) is 0. The molecule has 0 bridgehead atoms. The average Bonchev–Trinajstić information content (AvgIpc) is 2.40. The second-order valence-corrected chi connectivity index (χ2v) is 3.85. The van der Waals surface area contributed by atoms with E-state index in [-0.39, 0.29) is 5.78 Å². The van der Waals surface area contributed by atoms with Gasteiger partial charge in [-0.1, -0.05) is 24.3 Å². The van der Waals surface area contributed by atoms with E-state index in [1.165, 1.54) is 0 Å². The van der Waals surface area contributed by atoms with E-state index in [0.29, 0.717) is 17.6 Å². The molecule has 1 N–H and O–H groups in total. The second-order valence-electron chi connectivity index (χ2n) is 3.85. The zero-order chi connectivity index (χ0) is 11.5. The SMILES string of the molecule is O=C(O)/C=C1\CCCc2ccccc2C1=O. The van der Waals surface area contributed by atoms with Gasteiger partial charge in [-0.25, -0.2) is 4.79 Å². The Hall–Kier alpha value is -1.90. The first kappa shape index (κ1) is 10.6. The molecule has 0 saturated carbocycles. The number of ketones is 1. The summed E-state index contributed by atoms with van der Waals surface area (Å²) in [6.45, 7) is 0. The Morgan fingerprint density at radius 2 is 2.00 bits per heavy atom. The number of hydrogen-bond acceptors (Lipinski definition) is 2. The number of aryl methyl sites for hydroxylation is 1. The van der Waals surface area contributed by atoms with Crippen LogP contribution in [0.1, 0.15) is 28.8 Å². The molecule has 0 saturated heterocycles. The minimum absolute atomic E-state index is 0.143. The number of fused-ring (bicyclic) bond motifs is 1. The van der Waals surface area contributed by atoms with Crippen molar-refractivity contribution in [3.8, 4) is 0 Å². The highest BCUT2D eigenvalue weighted by Gasteiger charge is 2.19. The Bertz CT molecular complexity index is 472. The Morgan fingerprint density at radius 3 is 2.75 bits per heavy atom. The number of aliphatic carboxylic acids is 1. The van der Waals surface area contributed by atoms with E-state index < -0.39 is 5.97 Å². The van der Waals surface area contributed by atoms with Crippen molar-refractivity contribution in [1.82, 2.24) is 0 Å². The van der Waals surface area contributed by atoms with Gasteiger partial charge >= 0.3 is 5.97 Å². The second kappa shape index (κ2) is 4.31. The quantitative estimate of drug-likeness (QED) is 0.578. The molecule has 1 aromatic rings. The molecule has 3 heteroatoms. The van der Waals surface area contributed by atoms with E-state index in [4.69, 9.17) is 5.11 Å². The van der Waals surface area contributed by atoms with Crippen molar-refractivity contribution in [1.29, 1.82) is 0 Å². The van der Waals surface area contributed by atoms with Crippen LogP contribution in [-0.2, 0) is 11.2 Å². The monoisotopic (exact) mass is 216 g/mol. The number of hydrogen-bond donors (Lipinski definition) is 1. The number of benzene rings is 1. The minimum atomic E-state index is -1.05. The largest absolute Gasteiger partial charge is 0.478 e. The standard InChI is InChI=1S/C13H12O3/c14-12(15)8-10-6-3-5-9-4-1-2-7-11(9)13(10)16/h1-2,4,7-8H,3,5-6H2,(H,14,15)/b10-8+. The van der Waals surface area contributed by atoms with E-state index in [0.717, 1.165) is 24.5 Å². The van der Waals surface area contributed by atoms with Crippen molar-refractivity contribution in [2.75, 3.05) is 0 Å². The van der Waals surface area contributed by atoms with Crippen molar-refractivity contribution in [3.05, 3.63) is 47.0 Å². The normalized spacial score (nSPS) is 18.0. The Morgan fingerprint density at radius 1 is 1.25 bits per heavy atom. The third-order valence-electron chi connectivity index (χ3n) is 2.74. The maximum absolute atomic E-state index is 12.0. The van der Waals surface area contributed by atoms with Gasteiger partial charge in [0, 0.05) is 17.2 Å². The van der Waals surface area contributed by atoms with Gasteiger partial charge in [0.15, 0.2) is 5.78 Å². The lowest BCUT2D eigenvalue weighted by molar-refractivity contribution is -0.131. The number of rotatable bonds is 1. The Kier molecular flexibility index (Phi) is 2.86. The van der Waals surface area contributed by atoms with Crippen LogP contribution in [-0.4, -0.2) is 16.9 Å². The number of carbonyl (C=O) groups excluding carboxylic acids is 1. The van der Waals surface area contributed by atoms with Crippen LogP contribution >= 0.6 is 0 Å². The smallest absolute Gasteiger partial charge is 0.328 e. The summed E-state index contributed by atoms with van der Waals surface area (Å²) >= 11 is 0. The summed E-state index contributed by atoms with van der Waals surface area (Å²) in [5.41, 5.74) is 2.06. The van der Waals surface area contributed by atoms with Gasteiger partial charge in [0.05, 0.1) is 0 Å². The summed E-state index contributed by atoms with van der Waals surface area (Å²) in [4.78, 5) is 22.6. The van der Waals surface area contributed by atoms with E-state index in [1.807, 2.05) is 12.1 Å². The first-order chi connectivity index (χ1) is 7.68. The first-order valence-corrected chi connectivity index (χ1v) is 5.24. The van der Waals surface area contributed by atoms with Gasteiger partial charge in [0.2, 0.25) is 0 Å². The van der Waals surface area contributed by atoms with Crippen LogP contribution < -0.4 is 0 Å². The van der Waals surface area contributed by atoms with Crippen LogP contribution in [0.25, 0.3) is 0 Å². The highest BCUT2D eigenvalue weighted by molar-refractivity contribution is 6.12. The van der Waals surface area contributed by atoms with Crippen molar-refractivity contribution in [2.45, 2.75) is 19.3 Å². The molecule has 0 unspecified atom stereocenters. The lowest BCUT2D eigenvalue weighted by atomic mass is 10.00. The van der Waals surface area contributed by atoms with Crippen LogP contribution in [0, 0.1) is 0 Å². The highest BCUT2D eigenvalue weighted by atomic mass is 16.4. The minimum Gasteiger partial charge on any atom is -0.478 e. The number of allylic oxidation sites excluding steroid dienone is 1. The number of carboxylic acid groups (broad SMARTS) is 1. The fraction of sp³-hybridized carbons (Fsp3) is 0.231. The van der Waals surface area contributed by atoms with Crippen molar-refractivity contribution in [3.63, 3.8) is 0 Å². The van der Waals surface area contributed by atoms with Crippen LogP contribution in [0.3, 0.4) is 0 Å². The van der Waals surface area contributed by atoms with Gasteiger partial charge in [-0.2, -0.15) is 0 Å². The van der Waals surface area contributed by atoms with E-state index in [9.17, 15) is 9.59 Å². The predicted octanol–water partition coefficient (Wildman–Crippen LogP) is 2.22. The van der Waals surface area contributed by atoms with Gasteiger partial charge < -0.3 is 5.11 Å². The average molecular weight is 216 g/mol. The van der Waals surface area contributed by atoms with Crippen LogP contribution in [0.4, 0.5) is 0 Å². The topological polar surface area (TPSA) is 54.4 Å². The molecule has 16 heavy (non-hydrogen) atoms. The maximum atomic E-state index is 12.0. The number of carbonyl (C=O) groups is 2. The fourth-order valence-electron chi connectivity index (χ4n) is 2.00. The third-order valence-corrected chi connectivity index (χ3v) is 2.74. The summed E-state index contributed by atoms with van der Waals surface area (Å²) in [6, 6.07) is 7.40. The van der Waals surface area contributed by atoms with Crippen LogP contribution in [0.5, 0.6) is 0 Å².